The zero-order chi connectivity index (χ0) is 17.6. The van der Waals surface area contributed by atoms with Crippen molar-refractivity contribution in [2.45, 2.75) is 39.2 Å². The van der Waals surface area contributed by atoms with Crippen LogP contribution in [0.15, 0.2) is 22.7 Å². The summed E-state index contributed by atoms with van der Waals surface area (Å²) in [5, 5.41) is 13.3. The number of aromatic nitrogens is 1. The molecule has 6 heteroatoms. The number of likely N-dealkylation sites (tertiary alicyclic amines) is 1. The molecule has 3 heterocycles. The molecule has 0 unspecified atom stereocenters. The maximum absolute atomic E-state index is 13.0. The Labute approximate surface area is 146 Å². The van der Waals surface area contributed by atoms with Crippen LogP contribution < -0.4 is 4.90 Å². The van der Waals surface area contributed by atoms with Crippen LogP contribution in [0.1, 0.15) is 29.9 Å². The van der Waals surface area contributed by atoms with Gasteiger partial charge in [0.05, 0.1) is 5.69 Å². The zero-order valence-corrected chi connectivity index (χ0v) is 14.5. The quantitative estimate of drug-likeness (QED) is 0.789. The third-order valence-electron chi connectivity index (χ3n) is 5.26. The lowest BCUT2D eigenvalue weighted by atomic mass is 9.96. The van der Waals surface area contributed by atoms with Crippen molar-refractivity contribution in [3.8, 4) is 17.3 Å². The summed E-state index contributed by atoms with van der Waals surface area (Å²) in [6.45, 7) is 5.18. The average Bonchev–Trinajstić information content (AvgIpc) is 3.32. The second-order valence-electron chi connectivity index (χ2n) is 6.69. The van der Waals surface area contributed by atoms with Crippen molar-refractivity contribution >= 4 is 11.6 Å². The summed E-state index contributed by atoms with van der Waals surface area (Å²) in [4.78, 5) is 16.5. The molecular formula is C19H20N4O2. The Kier molecular flexibility index (Phi) is 3.72. The Bertz CT molecular complexity index is 861. The first-order chi connectivity index (χ1) is 12.1. The molecule has 0 bridgehead atoms. The van der Waals surface area contributed by atoms with E-state index in [1.165, 1.54) is 0 Å². The maximum Gasteiger partial charge on any atom is 0.250 e. The first-order valence-electron chi connectivity index (χ1n) is 8.64. The smallest absolute Gasteiger partial charge is 0.250 e. The molecule has 128 valence electrons. The molecule has 1 saturated heterocycles. The zero-order valence-electron chi connectivity index (χ0n) is 14.5. The Morgan fingerprint density at radius 1 is 1.36 bits per heavy atom. The lowest BCUT2D eigenvalue weighted by molar-refractivity contribution is -0.121. The molecule has 0 radical (unpaired) electrons. The summed E-state index contributed by atoms with van der Waals surface area (Å²) in [6.07, 6.45) is 4.61. The number of aryl methyl sites for hydroxylation is 2. The second-order valence-corrected chi connectivity index (χ2v) is 6.69. The molecule has 2 aliphatic heterocycles. The van der Waals surface area contributed by atoms with Crippen molar-refractivity contribution in [2.75, 3.05) is 18.0 Å². The number of amides is 1. The van der Waals surface area contributed by atoms with Gasteiger partial charge in [0.1, 0.15) is 11.8 Å². The summed E-state index contributed by atoms with van der Waals surface area (Å²) in [5.74, 6) is 0.829. The van der Waals surface area contributed by atoms with Crippen molar-refractivity contribution in [1.82, 2.24) is 10.1 Å². The van der Waals surface area contributed by atoms with E-state index in [-0.39, 0.29) is 11.9 Å². The summed E-state index contributed by atoms with van der Waals surface area (Å²) in [5.41, 5.74) is 5.08. The molecule has 6 nitrogen and oxygen atoms in total. The molecule has 25 heavy (non-hydrogen) atoms. The minimum absolute atomic E-state index is 0.0358. The highest BCUT2D eigenvalue weighted by Gasteiger charge is 2.37. The molecule has 2 aromatic rings. The predicted octanol–water partition coefficient (Wildman–Crippen LogP) is 2.79. The van der Waals surface area contributed by atoms with Gasteiger partial charge in [-0.2, -0.15) is 5.26 Å². The van der Waals surface area contributed by atoms with Crippen LogP contribution >= 0.6 is 0 Å². The van der Waals surface area contributed by atoms with Gasteiger partial charge in [0.25, 0.3) is 0 Å². The average molecular weight is 336 g/mol. The van der Waals surface area contributed by atoms with Crippen molar-refractivity contribution in [3.63, 3.8) is 0 Å². The Morgan fingerprint density at radius 2 is 2.20 bits per heavy atom. The minimum atomic E-state index is -0.321. The Morgan fingerprint density at radius 3 is 2.92 bits per heavy atom. The number of fused-ring (bicyclic) bond motifs is 1. The number of hydrogen-bond acceptors (Lipinski definition) is 5. The van der Waals surface area contributed by atoms with Crippen LogP contribution in [0.4, 0.5) is 5.69 Å². The van der Waals surface area contributed by atoms with Crippen molar-refractivity contribution in [1.29, 1.82) is 5.26 Å². The van der Waals surface area contributed by atoms with E-state index < -0.39 is 0 Å². The number of anilines is 1. The molecule has 4 rings (SSSR count). The third kappa shape index (κ3) is 2.39. The summed E-state index contributed by atoms with van der Waals surface area (Å²) < 4.78 is 5.32. The van der Waals surface area contributed by atoms with Gasteiger partial charge in [0, 0.05) is 24.3 Å². The van der Waals surface area contributed by atoms with E-state index in [2.05, 4.69) is 17.4 Å². The summed E-state index contributed by atoms with van der Waals surface area (Å²) in [7, 11) is 0. The van der Waals surface area contributed by atoms with E-state index >= 15 is 0 Å². The van der Waals surface area contributed by atoms with Crippen molar-refractivity contribution in [2.24, 2.45) is 0 Å². The fourth-order valence-electron chi connectivity index (χ4n) is 4.09. The number of carbonyl (C=O) groups excluding carboxylic acids is 1. The van der Waals surface area contributed by atoms with E-state index in [1.807, 2.05) is 30.9 Å². The Hall–Kier alpha value is -2.81. The van der Waals surface area contributed by atoms with Crippen LogP contribution in [0.5, 0.6) is 0 Å². The number of nitrogens with zero attached hydrogens (tertiary/aromatic N) is 4. The van der Waals surface area contributed by atoms with Gasteiger partial charge in [0.15, 0.2) is 6.19 Å². The number of carbonyl (C=O) groups is 1. The van der Waals surface area contributed by atoms with Crippen molar-refractivity contribution < 1.29 is 9.32 Å². The lowest BCUT2D eigenvalue weighted by Gasteiger charge is -2.25. The van der Waals surface area contributed by atoms with E-state index in [9.17, 15) is 10.1 Å². The van der Waals surface area contributed by atoms with Gasteiger partial charge in [-0.05, 0) is 50.3 Å². The van der Waals surface area contributed by atoms with Crippen LogP contribution in [0, 0.1) is 25.3 Å². The van der Waals surface area contributed by atoms with Gasteiger partial charge in [-0.15, -0.1) is 0 Å². The van der Waals surface area contributed by atoms with Crippen LogP contribution in [-0.4, -0.2) is 35.1 Å². The number of hydrogen-bond donors (Lipinski definition) is 0. The molecule has 0 spiro atoms. The number of benzene rings is 1. The SMILES string of the molecule is Cc1noc(C)c1-c1cccc2c1CCN2C(=O)[C@@H]1CCCN1C#N. The fourth-order valence-corrected chi connectivity index (χ4v) is 4.09. The number of nitriles is 1. The normalized spacial score (nSPS) is 19.2. The molecule has 1 amide bonds. The van der Waals surface area contributed by atoms with E-state index in [0.29, 0.717) is 13.1 Å². The highest BCUT2D eigenvalue weighted by Crippen LogP contribution is 2.39. The predicted molar refractivity (Wildman–Crippen MR) is 92.8 cm³/mol. The third-order valence-corrected chi connectivity index (χ3v) is 5.26. The molecular weight excluding hydrogens is 316 g/mol. The lowest BCUT2D eigenvalue weighted by Crippen LogP contribution is -2.43. The largest absolute Gasteiger partial charge is 0.361 e. The molecule has 0 saturated carbocycles. The van der Waals surface area contributed by atoms with Gasteiger partial charge in [-0.1, -0.05) is 17.3 Å². The fraction of sp³-hybridized carbons (Fsp3) is 0.421. The molecule has 0 aliphatic carbocycles. The molecule has 1 atom stereocenters. The highest BCUT2D eigenvalue weighted by molar-refractivity contribution is 6.00. The van der Waals surface area contributed by atoms with Crippen LogP contribution in [-0.2, 0) is 11.2 Å². The first kappa shape index (κ1) is 15.7. The van der Waals surface area contributed by atoms with Gasteiger partial charge in [-0.25, -0.2) is 0 Å². The Balaban J connectivity index is 1.72. The highest BCUT2D eigenvalue weighted by atomic mass is 16.5. The molecule has 1 fully saturated rings. The second kappa shape index (κ2) is 5.92. The maximum atomic E-state index is 13.0. The standard InChI is InChI=1S/C19H20N4O2/c1-12-18(13(2)25-21-12)15-5-3-6-16-14(15)8-10-23(16)19(24)17-7-4-9-22(17)11-20/h3,5-6,17H,4,7-10H2,1-2H3/t17-/m0/s1. The van der Waals surface area contributed by atoms with Gasteiger partial charge in [-0.3, -0.25) is 9.69 Å². The van der Waals surface area contributed by atoms with E-state index in [0.717, 1.165) is 53.1 Å². The summed E-state index contributed by atoms with van der Waals surface area (Å²) in [6, 6.07) is 5.71. The van der Waals surface area contributed by atoms with Crippen molar-refractivity contribution in [3.05, 3.63) is 35.2 Å². The topological polar surface area (TPSA) is 73.4 Å². The summed E-state index contributed by atoms with van der Waals surface area (Å²) >= 11 is 0. The number of rotatable bonds is 2. The van der Waals surface area contributed by atoms with Gasteiger partial charge in [0.2, 0.25) is 5.91 Å². The van der Waals surface area contributed by atoms with Crippen LogP contribution in [0.2, 0.25) is 0 Å². The molecule has 1 aromatic carbocycles. The molecule has 1 aromatic heterocycles. The van der Waals surface area contributed by atoms with Crippen LogP contribution in [0.3, 0.4) is 0 Å². The van der Waals surface area contributed by atoms with Gasteiger partial charge >= 0.3 is 0 Å². The molecule has 2 aliphatic rings. The van der Waals surface area contributed by atoms with E-state index in [4.69, 9.17) is 4.52 Å². The van der Waals surface area contributed by atoms with Crippen LogP contribution in [0.25, 0.3) is 11.1 Å². The minimum Gasteiger partial charge on any atom is -0.361 e. The monoisotopic (exact) mass is 336 g/mol. The first-order valence-corrected chi connectivity index (χ1v) is 8.64. The molecule has 0 N–H and O–H groups in total. The van der Waals surface area contributed by atoms with Gasteiger partial charge < -0.3 is 9.42 Å². The van der Waals surface area contributed by atoms with E-state index in [1.54, 1.807) is 4.90 Å².